The maximum atomic E-state index is 11.7. The lowest BCUT2D eigenvalue weighted by Gasteiger charge is -2.07. The predicted molar refractivity (Wildman–Crippen MR) is 84.1 cm³/mol. The van der Waals surface area contributed by atoms with E-state index in [9.17, 15) is 14.9 Å². The molecule has 0 saturated heterocycles. The van der Waals surface area contributed by atoms with E-state index < -0.39 is 4.92 Å². The number of amides is 1. The molecule has 0 saturated carbocycles. The molecule has 2 N–H and O–H groups in total. The molecule has 0 aliphatic carbocycles. The Morgan fingerprint density at radius 2 is 2.05 bits per heavy atom. The van der Waals surface area contributed by atoms with Crippen LogP contribution in [0.3, 0.4) is 0 Å². The molecule has 1 aromatic heterocycles. The molecule has 2 aromatic rings. The monoisotopic (exact) mass is 320 g/mol. The topological polar surface area (TPSA) is 97.2 Å². The summed E-state index contributed by atoms with van der Waals surface area (Å²) in [6, 6.07) is 9.48. The summed E-state index contributed by atoms with van der Waals surface area (Å²) in [7, 11) is 0. The van der Waals surface area contributed by atoms with Crippen LogP contribution in [-0.2, 0) is 4.79 Å². The van der Waals surface area contributed by atoms with Gasteiger partial charge >= 0.3 is 0 Å². The number of nitro benzene ring substituents is 1. The second-order valence-electron chi connectivity index (χ2n) is 4.36. The molecule has 0 aliphatic heterocycles. The molecule has 7 nitrogen and oxygen atoms in total. The van der Waals surface area contributed by atoms with Crippen molar-refractivity contribution in [2.24, 2.45) is 0 Å². The number of aromatic nitrogens is 1. The van der Waals surface area contributed by atoms with Crippen LogP contribution in [0.4, 0.5) is 17.2 Å². The molecule has 0 unspecified atom stereocenters. The predicted octanol–water partition coefficient (Wildman–Crippen LogP) is 3.08. The van der Waals surface area contributed by atoms with Gasteiger partial charge in [0.15, 0.2) is 0 Å². The summed E-state index contributed by atoms with van der Waals surface area (Å²) in [5, 5.41) is 16.8. The number of para-hydroxylation sites is 2. The maximum absolute atomic E-state index is 11.7. The van der Waals surface area contributed by atoms with Gasteiger partial charge in [0.2, 0.25) is 5.91 Å². The minimum atomic E-state index is -0.472. The van der Waals surface area contributed by atoms with Gasteiger partial charge in [0.1, 0.15) is 11.5 Å². The van der Waals surface area contributed by atoms with E-state index >= 15 is 0 Å². The Labute approximate surface area is 131 Å². The summed E-state index contributed by atoms with van der Waals surface area (Å²) >= 11 is 5.70. The first kappa shape index (κ1) is 15.7. The van der Waals surface area contributed by atoms with Gasteiger partial charge in [-0.2, -0.15) is 0 Å². The van der Waals surface area contributed by atoms with Gasteiger partial charge in [-0.15, -0.1) is 0 Å². The average molecular weight is 321 g/mol. The fourth-order valence-corrected chi connectivity index (χ4v) is 1.86. The van der Waals surface area contributed by atoms with E-state index in [2.05, 4.69) is 15.6 Å². The number of pyridine rings is 1. The van der Waals surface area contributed by atoms with Crippen molar-refractivity contribution in [1.82, 2.24) is 4.98 Å². The Kier molecular flexibility index (Phi) is 5.26. The highest BCUT2D eigenvalue weighted by Gasteiger charge is 2.12. The molecular formula is C14H13ClN4O3. The lowest BCUT2D eigenvalue weighted by atomic mass is 10.2. The summed E-state index contributed by atoms with van der Waals surface area (Å²) < 4.78 is 0. The maximum Gasteiger partial charge on any atom is 0.292 e. The normalized spacial score (nSPS) is 10.0. The molecule has 0 aliphatic rings. The van der Waals surface area contributed by atoms with Crippen LogP contribution in [0.1, 0.15) is 6.42 Å². The minimum Gasteiger partial charge on any atom is -0.379 e. The van der Waals surface area contributed by atoms with E-state index in [0.717, 1.165) is 0 Å². The van der Waals surface area contributed by atoms with Crippen LogP contribution in [-0.4, -0.2) is 22.4 Å². The number of hydrogen-bond acceptors (Lipinski definition) is 5. The molecule has 114 valence electrons. The van der Waals surface area contributed by atoms with Gasteiger partial charge in [0, 0.05) is 25.2 Å². The Bertz CT molecular complexity index is 676. The molecule has 0 spiro atoms. The van der Waals surface area contributed by atoms with Crippen molar-refractivity contribution in [3.63, 3.8) is 0 Å². The zero-order chi connectivity index (χ0) is 15.9. The van der Waals surface area contributed by atoms with E-state index in [4.69, 9.17) is 11.6 Å². The third-order valence-corrected chi connectivity index (χ3v) is 2.99. The summed E-state index contributed by atoms with van der Waals surface area (Å²) in [5.74, 6) is 0.154. The Morgan fingerprint density at radius 1 is 1.27 bits per heavy atom. The Balaban J connectivity index is 1.85. The molecule has 1 heterocycles. The van der Waals surface area contributed by atoms with Crippen molar-refractivity contribution in [3.8, 4) is 0 Å². The molecule has 0 bridgehead atoms. The molecule has 1 aromatic carbocycles. The Hall–Kier alpha value is -2.67. The number of nitro groups is 1. The number of rotatable bonds is 6. The highest BCUT2D eigenvalue weighted by molar-refractivity contribution is 6.30. The van der Waals surface area contributed by atoms with E-state index in [0.29, 0.717) is 16.5 Å². The number of anilines is 2. The van der Waals surface area contributed by atoms with Crippen molar-refractivity contribution in [2.45, 2.75) is 6.42 Å². The standard InChI is InChI=1S/C14H13ClN4O3/c15-10-5-6-13(17-9-10)18-14(20)7-8-16-11-3-1-2-4-12(11)19(21)22/h1-6,9,16H,7-8H2,(H,17,18,20). The SMILES string of the molecule is O=C(CCNc1ccccc1[N+](=O)[O-])Nc1ccc(Cl)cn1. The van der Waals surface area contributed by atoms with Crippen molar-refractivity contribution < 1.29 is 9.72 Å². The van der Waals surface area contributed by atoms with Gasteiger partial charge in [-0.05, 0) is 18.2 Å². The zero-order valence-electron chi connectivity index (χ0n) is 11.5. The van der Waals surface area contributed by atoms with E-state index in [-0.39, 0.29) is 24.6 Å². The summed E-state index contributed by atoms with van der Waals surface area (Å²) in [6.07, 6.45) is 1.58. The van der Waals surface area contributed by atoms with Crippen LogP contribution in [0.5, 0.6) is 0 Å². The smallest absolute Gasteiger partial charge is 0.292 e. The van der Waals surface area contributed by atoms with Crippen molar-refractivity contribution in [3.05, 3.63) is 57.7 Å². The lowest BCUT2D eigenvalue weighted by Crippen LogP contribution is -2.17. The van der Waals surface area contributed by atoms with Crippen LogP contribution in [0.15, 0.2) is 42.6 Å². The summed E-state index contributed by atoms with van der Waals surface area (Å²) in [6.45, 7) is 0.268. The van der Waals surface area contributed by atoms with Gasteiger partial charge in [-0.1, -0.05) is 23.7 Å². The molecule has 8 heteroatoms. The molecular weight excluding hydrogens is 308 g/mol. The largest absolute Gasteiger partial charge is 0.379 e. The number of carbonyl (C=O) groups is 1. The Morgan fingerprint density at radius 3 is 2.73 bits per heavy atom. The molecule has 0 fully saturated rings. The summed E-state index contributed by atoms with van der Waals surface area (Å²) in [5.41, 5.74) is 0.354. The highest BCUT2D eigenvalue weighted by Crippen LogP contribution is 2.22. The minimum absolute atomic E-state index is 0.0257. The van der Waals surface area contributed by atoms with Crippen LogP contribution in [0.2, 0.25) is 5.02 Å². The number of hydrogen-bond donors (Lipinski definition) is 2. The third-order valence-electron chi connectivity index (χ3n) is 2.76. The van der Waals surface area contributed by atoms with Crippen LogP contribution >= 0.6 is 11.6 Å². The fourth-order valence-electron chi connectivity index (χ4n) is 1.75. The van der Waals surface area contributed by atoms with Crippen molar-refractivity contribution in [2.75, 3.05) is 17.2 Å². The lowest BCUT2D eigenvalue weighted by molar-refractivity contribution is -0.384. The quantitative estimate of drug-likeness (QED) is 0.629. The fraction of sp³-hybridized carbons (Fsp3) is 0.143. The zero-order valence-corrected chi connectivity index (χ0v) is 12.2. The van der Waals surface area contributed by atoms with Gasteiger partial charge in [0.25, 0.3) is 5.69 Å². The molecule has 2 rings (SSSR count). The first-order valence-corrected chi connectivity index (χ1v) is 6.83. The van der Waals surface area contributed by atoms with Gasteiger partial charge < -0.3 is 10.6 Å². The number of carbonyl (C=O) groups excluding carboxylic acids is 1. The second kappa shape index (κ2) is 7.37. The van der Waals surface area contributed by atoms with Crippen molar-refractivity contribution in [1.29, 1.82) is 0 Å². The second-order valence-corrected chi connectivity index (χ2v) is 4.80. The number of nitrogens with zero attached hydrogens (tertiary/aromatic N) is 2. The van der Waals surface area contributed by atoms with Crippen LogP contribution in [0, 0.1) is 10.1 Å². The number of halogens is 1. The van der Waals surface area contributed by atoms with Gasteiger partial charge in [0.05, 0.1) is 9.95 Å². The van der Waals surface area contributed by atoms with E-state index in [1.54, 1.807) is 30.3 Å². The van der Waals surface area contributed by atoms with Crippen molar-refractivity contribution >= 4 is 34.7 Å². The molecule has 22 heavy (non-hydrogen) atoms. The third kappa shape index (κ3) is 4.42. The van der Waals surface area contributed by atoms with Crippen LogP contribution < -0.4 is 10.6 Å². The number of benzene rings is 1. The molecule has 0 atom stereocenters. The first-order chi connectivity index (χ1) is 10.6. The molecule has 0 radical (unpaired) electrons. The van der Waals surface area contributed by atoms with E-state index in [1.807, 2.05) is 0 Å². The van der Waals surface area contributed by atoms with Gasteiger partial charge in [-0.25, -0.2) is 4.98 Å². The first-order valence-electron chi connectivity index (χ1n) is 6.45. The highest BCUT2D eigenvalue weighted by atomic mass is 35.5. The summed E-state index contributed by atoms with van der Waals surface area (Å²) in [4.78, 5) is 26.1. The van der Waals surface area contributed by atoms with Gasteiger partial charge in [-0.3, -0.25) is 14.9 Å². The average Bonchev–Trinajstić information content (AvgIpc) is 2.50. The number of nitrogens with one attached hydrogen (secondary N) is 2. The van der Waals surface area contributed by atoms with E-state index in [1.165, 1.54) is 12.3 Å². The van der Waals surface area contributed by atoms with Crippen LogP contribution in [0.25, 0.3) is 0 Å². The molecule has 1 amide bonds.